The molecule has 0 heterocycles. The second kappa shape index (κ2) is 7.09. The topological polar surface area (TPSA) is 72.5 Å². The maximum atomic E-state index is 11.4. The largest absolute Gasteiger partial charge is 0.504 e. The highest BCUT2D eigenvalue weighted by atomic mass is 32.2. The van der Waals surface area contributed by atoms with E-state index in [2.05, 4.69) is 6.92 Å². The molecule has 0 aromatic heterocycles. The van der Waals surface area contributed by atoms with Gasteiger partial charge in [-0.3, -0.25) is 5.14 Å². The van der Waals surface area contributed by atoms with Crippen LogP contribution < -0.4 is 9.88 Å². The van der Waals surface area contributed by atoms with E-state index in [1.807, 2.05) is 26.0 Å². The third-order valence-electron chi connectivity index (χ3n) is 3.55. The minimum Gasteiger partial charge on any atom is -0.504 e. The van der Waals surface area contributed by atoms with Crippen LogP contribution in [0.1, 0.15) is 39.2 Å². The minimum atomic E-state index is -1.31. The van der Waals surface area contributed by atoms with Crippen LogP contribution in [0.5, 0.6) is 11.5 Å². The molecule has 0 saturated carbocycles. The Hall–Kier alpha value is -1.07. The molecular weight excluding hydrogens is 274 g/mol. The van der Waals surface area contributed by atoms with Crippen LogP contribution in [-0.4, -0.2) is 21.2 Å². The Bertz CT molecular complexity index is 474. The maximum absolute atomic E-state index is 11.4. The number of aromatic hydroxyl groups is 1. The van der Waals surface area contributed by atoms with E-state index >= 15 is 0 Å². The Morgan fingerprint density at radius 2 is 2.10 bits per heavy atom. The molecule has 0 aliphatic carbocycles. The zero-order valence-electron chi connectivity index (χ0n) is 12.7. The molecule has 0 saturated heterocycles. The number of phenols is 1. The molecule has 4 nitrogen and oxygen atoms in total. The van der Waals surface area contributed by atoms with Crippen molar-refractivity contribution in [3.8, 4) is 11.5 Å². The third-order valence-corrected chi connectivity index (χ3v) is 4.81. The molecule has 0 bridgehead atoms. The molecule has 0 amide bonds. The number of phenolic OH excluding ortho intramolecular Hbond substituents is 1. The highest BCUT2D eigenvalue weighted by Gasteiger charge is 2.25. The van der Waals surface area contributed by atoms with Gasteiger partial charge < -0.3 is 9.84 Å². The van der Waals surface area contributed by atoms with Gasteiger partial charge in [-0.2, -0.15) is 0 Å². The standard InChI is InChI=1S/C15H25NO3S/c1-11(10-15(2,3)20(16)18)5-6-12-7-8-13(17)14(9-12)19-4/h7-9,11,17H,5-6,10,16H2,1-4H3/t11-,20?/m1/s1. The summed E-state index contributed by atoms with van der Waals surface area (Å²) in [5.41, 5.74) is 1.12. The van der Waals surface area contributed by atoms with E-state index < -0.39 is 11.0 Å². The number of hydrogen-bond acceptors (Lipinski definition) is 3. The Kier molecular flexibility index (Phi) is 6.02. The van der Waals surface area contributed by atoms with Crippen molar-refractivity contribution in [1.29, 1.82) is 0 Å². The number of aryl methyl sites for hydroxylation is 1. The van der Waals surface area contributed by atoms with Crippen molar-refractivity contribution in [2.45, 2.75) is 44.8 Å². The Morgan fingerprint density at radius 1 is 1.45 bits per heavy atom. The lowest BCUT2D eigenvalue weighted by atomic mass is 9.92. The van der Waals surface area contributed by atoms with Crippen LogP contribution in [0, 0.1) is 5.92 Å². The van der Waals surface area contributed by atoms with Crippen LogP contribution in [0.15, 0.2) is 18.2 Å². The molecular formula is C15H25NO3S. The summed E-state index contributed by atoms with van der Waals surface area (Å²) in [6, 6.07) is 5.41. The van der Waals surface area contributed by atoms with E-state index in [0.29, 0.717) is 11.7 Å². The molecule has 0 fully saturated rings. The highest BCUT2D eigenvalue weighted by Crippen LogP contribution is 2.28. The number of hydrogen-bond donors (Lipinski definition) is 2. The Morgan fingerprint density at radius 3 is 2.65 bits per heavy atom. The summed E-state index contributed by atoms with van der Waals surface area (Å²) in [6.07, 6.45) is 2.70. The van der Waals surface area contributed by atoms with Crippen LogP contribution >= 0.6 is 0 Å². The van der Waals surface area contributed by atoms with Crippen molar-refractivity contribution in [1.82, 2.24) is 0 Å². The predicted molar refractivity (Wildman–Crippen MR) is 83.2 cm³/mol. The van der Waals surface area contributed by atoms with Gasteiger partial charge in [0.25, 0.3) is 0 Å². The van der Waals surface area contributed by atoms with Gasteiger partial charge in [0.2, 0.25) is 0 Å². The molecule has 0 spiro atoms. The van der Waals surface area contributed by atoms with E-state index in [4.69, 9.17) is 9.88 Å². The summed E-state index contributed by atoms with van der Waals surface area (Å²) in [6.45, 7) is 6.01. The van der Waals surface area contributed by atoms with E-state index in [1.54, 1.807) is 13.2 Å². The van der Waals surface area contributed by atoms with Gasteiger partial charge >= 0.3 is 0 Å². The lowest BCUT2D eigenvalue weighted by molar-refractivity contribution is 0.372. The fourth-order valence-electron chi connectivity index (χ4n) is 2.31. The van der Waals surface area contributed by atoms with Crippen molar-refractivity contribution in [3.05, 3.63) is 23.8 Å². The predicted octanol–water partition coefficient (Wildman–Crippen LogP) is 2.76. The van der Waals surface area contributed by atoms with Gasteiger partial charge in [0.15, 0.2) is 11.5 Å². The number of ether oxygens (including phenoxy) is 1. The monoisotopic (exact) mass is 299 g/mol. The molecule has 1 unspecified atom stereocenters. The average molecular weight is 299 g/mol. The van der Waals surface area contributed by atoms with Crippen molar-refractivity contribution in [3.63, 3.8) is 0 Å². The van der Waals surface area contributed by atoms with Crippen LogP contribution in [0.4, 0.5) is 0 Å². The Balaban J connectivity index is 2.57. The molecule has 0 radical (unpaired) electrons. The van der Waals surface area contributed by atoms with Gasteiger partial charge in [-0.05, 0) is 56.7 Å². The highest BCUT2D eigenvalue weighted by molar-refractivity contribution is 7.84. The van der Waals surface area contributed by atoms with Gasteiger partial charge in [0, 0.05) is 0 Å². The quantitative estimate of drug-likeness (QED) is 0.813. The number of nitrogens with two attached hydrogens (primary N) is 1. The second-order valence-electron chi connectivity index (χ2n) is 5.91. The molecule has 0 aliphatic rings. The second-order valence-corrected chi connectivity index (χ2v) is 7.61. The van der Waals surface area contributed by atoms with Crippen molar-refractivity contribution >= 4 is 11.0 Å². The van der Waals surface area contributed by atoms with Crippen LogP contribution in [0.25, 0.3) is 0 Å². The summed E-state index contributed by atoms with van der Waals surface area (Å²) in [5.74, 6) is 1.08. The minimum absolute atomic E-state index is 0.156. The average Bonchev–Trinajstić information content (AvgIpc) is 2.37. The third kappa shape index (κ3) is 4.80. The van der Waals surface area contributed by atoms with E-state index in [1.165, 1.54) is 0 Å². The van der Waals surface area contributed by atoms with Gasteiger partial charge in [-0.25, -0.2) is 4.21 Å². The SMILES string of the molecule is COc1cc(CC[C@@H](C)CC(C)(C)S(N)=O)ccc1O. The summed E-state index contributed by atoms with van der Waals surface area (Å²) in [4.78, 5) is 0. The smallest absolute Gasteiger partial charge is 0.160 e. The first-order valence-electron chi connectivity index (χ1n) is 6.78. The van der Waals surface area contributed by atoms with Gasteiger partial charge in [0.05, 0.1) is 22.8 Å². The van der Waals surface area contributed by atoms with E-state index in [0.717, 1.165) is 24.8 Å². The normalized spacial score (nSPS) is 14.8. The summed E-state index contributed by atoms with van der Waals surface area (Å²) >= 11 is 0. The molecule has 5 heteroatoms. The zero-order valence-corrected chi connectivity index (χ0v) is 13.5. The fourth-order valence-corrected chi connectivity index (χ4v) is 2.76. The maximum Gasteiger partial charge on any atom is 0.160 e. The lowest BCUT2D eigenvalue weighted by Gasteiger charge is -2.25. The van der Waals surface area contributed by atoms with Crippen molar-refractivity contribution in [2.24, 2.45) is 11.1 Å². The Labute approximate surface area is 123 Å². The molecule has 3 N–H and O–H groups in total. The van der Waals surface area contributed by atoms with Crippen LogP contribution in [-0.2, 0) is 17.4 Å². The first-order valence-corrected chi connectivity index (χ1v) is 7.99. The van der Waals surface area contributed by atoms with Gasteiger partial charge in [-0.1, -0.05) is 13.0 Å². The van der Waals surface area contributed by atoms with Gasteiger partial charge in [0.1, 0.15) is 0 Å². The summed E-state index contributed by atoms with van der Waals surface area (Å²) in [5, 5.41) is 15.1. The number of benzene rings is 1. The zero-order chi connectivity index (χ0) is 15.3. The summed E-state index contributed by atoms with van der Waals surface area (Å²) in [7, 11) is 0.236. The van der Waals surface area contributed by atoms with Gasteiger partial charge in [-0.15, -0.1) is 0 Å². The molecule has 20 heavy (non-hydrogen) atoms. The van der Waals surface area contributed by atoms with Crippen molar-refractivity contribution < 1.29 is 14.1 Å². The number of methoxy groups -OCH3 is 1. The van der Waals surface area contributed by atoms with Crippen LogP contribution in [0.2, 0.25) is 0 Å². The van der Waals surface area contributed by atoms with Crippen LogP contribution in [0.3, 0.4) is 0 Å². The van der Waals surface area contributed by atoms with E-state index in [9.17, 15) is 9.32 Å². The number of rotatable bonds is 7. The first-order chi connectivity index (χ1) is 9.26. The first kappa shape index (κ1) is 17.0. The molecule has 114 valence electrons. The molecule has 1 rings (SSSR count). The molecule has 0 aliphatic heterocycles. The lowest BCUT2D eigenvalue weighted by Crippen LogP contribution is -2.33. The molecule has 1 aromatic carbocycles. The summed E-state index contributed by atoms with van der Waals surface area (Å²) < 4.78 is 16.2. The molecule has 1 aromatic rings. The van der Waals surface area contributed by atoms with E-state index in [-0.39, 0.29) is 10.5 Å². The fraction of sp³-hybridized carbons (Fsp3) is 0.600. The van der Waals surface area contributed by atoms with Crippen molar-refractivity contribution in [2.75, 3.05) is 7.11 Å². The molecule has 2 atom stereocenters.